The lowest BCUT2D eigenvalue weighted by atomic mass is 10.1. The van der Waals surface area contributed by atoms with Crippen LogP contribution in [0.25, 0.3) is 0 Å². The fourth-order valence-corrected chi connectivity index (χ4v) is 2.03. The molecular weight excluding hydrogens is 244 g/mol. The summed E-state index contributed by atoms with van der Waals surface area (Å²) >= 11 is 0. The Balaban J connectivity index is 2.13. The highest BCUT2D eigenvalue weighted by Gasteiger charge is 2.25. The molecule has 94 valence electrons. The summed E-state index contributed by atoms with van der Waals surface area (Å²) in [5.41, 5.74) is 1.12. The van der Waals surface area contributed by atoms with Gasteiger partial charge in [0, 0.05) is 12.5 Å². The molecule has 1 heterocycles. The zero-order valence-corrected chi connectivity index (χ0v) is 10.0. The van der Waals surface area contributed by atoms with Crippen LogP contribution in [0.2, 0.25) is 0 Å². The second-order valence-corrected chi connectivity index (χ2v) is 4.32. The van der Waals surface area contributed by atoms with Gasteiger partial charge in [-0.15, -0.1) is 0 Å². The lowest BCUT2D eigenvalue weighted by Crippen LogP contribution is -2.11. The van der Waals surface area contributed by atoms with E-state index in [1.54, 1.807) is 18.2 Å². The minimum Gasteiger partial charge on any atom is -0.427 e. The number of benzene rings is 1. The molecule has 0 amide bonds. The maximum Gasteiger partial charge on any atom is 0.344 e. The standard InChI is InChI=1S/C15H10O4/c1-9-6-10-8-11(7-9)19-15(17)13-5-3-2-4-12(13)14(16)18-10/h2-6,8H,1,7H2. The van der Waals surface area contributed by atoms with Crippen molar-refractivity contribution in [3.63, 3.8) is 0 Å². The van der Waals surface area contributed by atoms with Crippen molar-refractivity contribution >= 4 is 11.9 Å². The largest absolute Gasteiger partial charge is 0.427 e. The van der Waals surface area contributed by atoms with Crippen LogP contribution in [0, 0.1) is 0 Å². The molecule has 1 aliphatic heterocycles. The van der Waals surface area contributed by atoms with E-state index in [0.717, 1.165) is 5.57 Å². The van der Waals surface area contributed by atoms with E-state index < -0.39 is 11.9 Å². The fourth-order valence-electron chi connectivity index (χ4n) is 2.03. The molecule has 0 unspecified atom stereocenters. The van der Waals surface area contributed by atoms with Gasteiger partial charge in [-0.05, 0) is 23.8 Å². The summed E-state index contributed by atoms with van der Waals surface area (Å²) in [4.78, 5) is 24.1. The highest BCUT2D eigenvalue weighted by molar-refractivity contribution is 6.04. The Morgan fingerprint density at radius 2 is 1.58 bits per heavy atom. The van der Waals surface area contributed by atoms with Gasteiger partial charge >= 0.3 is 11.9 Å². The van der Waals surface area contributed by atoms with Crippen LogP contribution in [0.5, 0.6) is 0 Å². The molecule has 1 aliphatic carbocycles. The Morgan fingerprint density at radius 3 is 2.26 bits per heavy atom. The van der Waals surface area contributed by atoms with Crippen LogP contribution < -0.4 is 0 Å². The van der Waals surface area contributed by atoms with Crippen molar-refractivity contribution in [2.75, 3.05) is 0 Å². The maximum absolute atomic E-state index is 12.0. The molecule has 4 heteroatoms. The molecule has 0 radical (unpaired) electrons. The lowest BCUT2D eigenvalue weighted by Gasteiger charge is -2.13. The summed E-state index contributed by atoms with van der Waals surface area (Å²) in [6.07, 6.45) is 3.62. The lowest BCUT2D eigenvalue weighted by molar-refractivity contribution is 0.0604. The first kappa shape index (κ1) is 11.5. The van der Waals surface area contributed by atoms with Crippen molar-refractivity contribution in [1.82, 2.24) is 0 Å². The van der Waals surface area contributed by atoms with Gasteiger partial charge in [-0.3, -0.25) is 0 Å². The van der Waals surface area contributed by atoms with Gasteiger partial charge in [-0.25, -0.2) is 9.59 Å². The van der Waals surface area contributed by atoms with Crippen LogP contribution in [0.3, 0.4) is 0 Å². The summed E-state index contributed by atoms with van der Waals surface area (Å²) in [5, 5.41) is 0. The smallest absolute Gasteiger partial charge is 0.344 e. The molecule has 2 bridgehead atoms. The highest BCUT2D eigenvalue weighted by atomic mass is 16.6. The van der Waals surface area contributed by atoms with Gasteiger partial charge in [0.15, 0.2) is 0 Å². The van der Waals surface area contributed by atoms with Crippen molar-refractivity contribution in [1.29, 1.82) is 0 Å². The quantitative estimate of drug-likeness (QED) is 0.668. The predicted molar refractivity (Wildman–Crippen MR) is 67.2 cm³/mol. The second kappa shape index (κ2) is 4.24. The Hall–Kier alpha value is -2.62. The normalized spacial score (nSPS) is 18.0. The molecule has 0 fully saturated rings. The molecule has 4 nitrogen and oxygen atoms in total. The number of hydrogen-bond donors (Lipinski definition) is 0. The van der Waals surface area contributed by atoms with Gasteiger partial charge in [0.1, 0.15) is 11.5 Å². The predicted octanol–water partition coefficient (Wildman–Crippen LogP) is 2.74. The van der Waals surface area contributed by atoms with Gasteiger partial charge in [0.05, 0.1) is 11.1 Å². The van der Waals surface area contributed by atoms with Crippen LogP contribution in [-0.2, 0) is 9.47 Å². The molecule has 0 atom stereocenters. The summed E-state index contributed by atoms with van der Waals surface area (Å²) in [6, 6.07) is 6.41. The molecule has 0 aromatic heterocycles. The zero-order valence-electron chi connectivity index (χ0n) is 10.0. The molecule has 0 spiro atoms. The average molecular weight is 254 g/mol. The molecule has 3 rings (SSSR count). The third kappa shape index (κ3) is 2.08. The molecule has 0 N–H and O–H groups in total. The molecule has 1 aromatic carbocycles. The Bertz CT molecular complexity index is 664. The van der Waals surface area contributed by atoms with E-state index in [-0.39, 0.29) is 11.1 Å². The molecule has 0 saturated carbocycles. The Kier molecular flexibility index (Phi) is 2.56. The van der Waals surface area contributed by atoms with Crippen LogP contribution in [0.15, 0.2) is 60.1 Å². The van der Waals surface area contributed by atoms with E-state index in [4.69, 9.17) is 9.47 Å². The minimum atomic E-state index is -0.578. The number of carbonyl (C=O) groups is 2. The molecular formula is C15H10O4. The van der Waals surface area contributed by atoms with E-state index >= 15 is 0 Å². The summed E-state index contributed by atoms with van der Waals surface area (Å²) in [5.74, 6) is -0.376. The van der Waals surface area contributed by atoms with Crippen molar-refractivity contribution < 1.29 is 19.1 Å². The van der Waals surface area contributed by atoms with Gasteiger partial charge in [0.25, 0.3) is 0 Å². The fraction of sp³-hybridized carbons (Fsp3) is 0.0667. The second-order valence-electron chi connectivity index (χ2n) is 4.32. The van der Waals surface area contributed by atoms with Crippen molar-refractivity contribution in [3.8, 4) is 0 Å². The summed E-state index contributed by atoms with van der Waals surface area (Å²) in [6.45, 7) is 3.80. The first-order valence-electron chi connectivity index (χ1n) is 5.77. The van der Waals surface area contributed by atoms with Crippen LogP contribution in [0.1, 0.15) is 27.1 Å². The number of hydrogen-bond acceptors (Lipinski definition) is 4. The van der Waals surface area contributed by atoms with Crippen LogP contribution in [-0.4, -0.2) is 11.9 Å². The topological polar surface area (TPSA) is 52.6 Å². The van der Waals surface area contributed by atoms with Crippen LogP contribution >= 0.6 is 0 Å². The number of rotatable bonds is 0. The number of fused-ring (bicyclic) bond motifs is 2. The SMILES string of the molecule is C=C1C=C2C=C(C1)OC(=O)c1ccccc1C(=O)O2. The maximum atomic E-state index is 12.0. The number of allylic oxidation sites excluding steroid dienone is 3. The third-order valence-corrected chi connectivity index (χ3v) is 2.85. The van der Waals surface area contributed by atoms with E-state index in [0.29, 0.717) is 17.9 Å². The Labute approximate surface area is 109 Å². The first-order valence-corrected chi connectivity index (χ1v) is 5.77. The Morgan fingerprint density at radius 1 is 0.947 bits per heavy atom. The van der Waals surface area contributed by atoms with Crippen molar-refractivity contribution in [2.45, 2.75) is 6.42 Å². The average Bonchev–Trinajstić information content (AvgIpc) is 2.40. The zero-order chi connectivity index (χ0) is 13.4. The third-order valence-electron chi connectivity index (χ3n) is 2.85. The summed E-state index contributed by atoms with van der Waals surface area (Å²) in [7, 11) is 0. The molecule has 1 aromatic rings. The van der Waals surface area contributed by atoms with E-state index in [9.17, 15) is 9.59 Å². The van der Waals surface area contributed by atoms with E-state index in [1.165, 1.54) is 18.2 Å². The number of carbonyl (C=O) groups excluding carboxylic acids is 2. The molecule has 19 heavy (non-hydrogen) atoms. The molecule has 2 aliphatic rings. The van der Waals surface area contributed by atoms with Gasteiger partial charge in [-0.1, -0.05) is 18.7 Å². The van der Waals surface area contributed by atoms with E-state index in [2.05, 4.69) is 6.58 Å². The molecule has 0 saturated heterocycles. The summed E-state index contributed by atoms with van der Waals surface area (Å²) < 4.78 is 10.5. The van der Waals surface area contributed by atoms with Crippen molar-refractivity contribution in [2.24, 2.45) is 0 Å². The van der Waals surface area contributed by atoms with Gasteiger partial charge in [-0.2, -0.15) is 0 Å². The van der Waals surface area contributed by atoms with Gasteiger partial charge in [0.2, 0.25) is 0 Å². The van der Waals surface area contributed by atoms with E-state index in [1.807, 2.05) is 0 Å². The van der Waals surface area contributed by atoms with Gasteiger partial charge < -0.3 is 9.47 Å². The van der Waals surface area contributed by atoms with Crippen LogP contribution in [0.4, 0.5) is 0 Å². The van der Waals surface area contributed by atoms with Crippen molar-refractivity contribution in [3.05, 3.63) is 71.2 Å². The number of esters is 2. The highest BCUT2D eigenvalue weighted by Crippen LogP contribution is 2.27. The minimum absolute atomic E-state index is 0.195. The number of ether oxygens (including phenoxy) is 2. The monoisotopic (exact) mass is 254 g/mol. The first-order chi connectivity index (χ1) is 9.13.